The van der Waals surface area contributed by atoms with Crippen molar-refractivity contribution in [1.29, 1.82) is 0 Å². The van der Waals surface area contributed by atoms with Crippen molar-refractivity contribution in [3.63, 3.8) is 0 Å². The molecular formula is C17H20O4S. The molecule has 1 aromatic rings. The number of aryl methyl sites for hydroxylation is 1. The molecule has 0 spiro atoms. The Kier molecular flexibility index (Phi) is 8.07. The molecule has 118 valence electrons. The Morgan fingerprint density at radius 1 is 1.09 bits per heavy atom. The summed E-state index contributed by atoms with van der Waals surface area (Å²) in [6.07, 6.45) is 5.87. The minimum atomic E-state index is -0.385. The zero-order chi connectivity index (χ0) is 16.4. The normalized spacial score (nSPS) is 11.5. The van der Waals surface area contributed by atoms with E-state index in [1.807, 2.05) is 31.2 Å². The summed E-state index contributed by atoms with van der Waals surface area (Å²) in [6, 6.07) is 8.06. The van der Waals surface area contributed by atoms with Gasteiger partial charge in [0.05, 0.1) is 14.2 Å². The number of hydrogen-bond acceptors (Lipinski definition) is 5. The van der Waals surface area contributed by atoms with Gasteiger partial charge >= 0.3 is 11.9 Å². The monoisotopic (exact) mass is 320 g/mol. The predicted octanol–water partition coefficient (Wildman–Crippen LogP) is 3.65. The largest absolute Gasteiger partial charge is 0.466 e. The molecule has 4 nitrogen and oxygen atoms in total. The van der Waals surface area contributed by atoms with Crippen LogP contribution < -0.4 is 0 Å². The van der Waals surface area contributed by atoms with Crippen molar-refractivity contribution in [2.24, 2.45) is 0 Å². The third-order valence-corrected chi connectivity index (χ3v) is 3.85. The van der Waals surface area contributed by atoms with E-state index in [0.717, 1.165) is 9.80 Å². The summed E-state index contributed by atoms with van der Waals surface area (Å²) < 4.78 is 9.21. The minimum absolute atomic E-state index is 0.383. The molecule has 0 N–H and O–H groups in total. The maximum atomic E-state index is 11.4. The molecule has 0 radical (unpaired) electrons. The third kappa shape index (κ3) is 7.13. The summed E-state index contributed by atoms with van der Waals surface area (Å²) in [6.45, 7) is 2.03. The molecule has 0 saturated carbocycles. The van der Waals surface area contributed by atoms with Crippen LogP contribution in [0.3, 0.4) is 0 Å². The highest BCUT2D eigenvalue weighted by molar-refractivity contribution is 8.03. The van der Waals surface area contributed by atoms with Crippen LogP contribution in [0.1, 0.15) is 18.4 Å². The number of allylic oxidation sites excluding steroid dienone is 2. The zero-order valence-electron chi connectivity index (χ0n) is 13.0. The van der Waals surface area contributed by atoms with E-state index >= 15 is 0 Å². The maximum absolute atomic E-state index is 11.4. The van der Waals surface area contributed by atoms with E-state index < -0.39 is 0 Å². The van der Waals surface area contributed by atoms with Gasteiger partial charge in [0.25, 0.3) is 0 Å². The highest BCUT2D eigenvalue weighted by Gasteiger charge is 2.05. The fraction of sp³-hybridized carbons (Fsp3) is 0.294. The van der Waals surface area contributed by atoms with Crippen molar-refractivity contribution in [2.75, 3.05) is 14.2 Å². The number of hydrogen-bond donors (Lipinski definition) is 0. The van der Waals surface area contributed by atoms with Gasteiger partial charge in [0.2, 0.25) is 0 Å². The Hall–Kier alpha value is -2.01. The van der Waals surface area contributed by atoms with Crippen molar-refractivity contribution in [3.8, 4) is 0 Å². The molecule has 0 bridgehead atoms. The molecule has 22 heavy (non-hydrogen) atoms. The molecule has 1 aromatic carbocycles. The minimum Gasteiger partial charge on any atom is -0.466 e. The van der Waals surface area contributed by atoms with Crippen LogP contribution in [0.4, 0.5) is 0 Å². The fourth-order valence-electron chi connectivity index (χ4n) is 1.57. The van der Waals surface area contributed by atoms with Crippen molar-refractivity contribution in [2.45, 2.75) is 24.7 Å². The molecule has 0 aliphatic carbocycles. The maximum Gasteiger partial charge on any atom is 0.331 e. The molecule has 0 saturated heterocycles. The van der Waals surface area contributed by atoms with Crippen LogP contribution in [0.2, 0.25) is 0 Å². The summed E-state index contributed by atoms with van der Waals surface area (Å²) in [5.74, 6) is -0.767. The number of thioether (sulfide) groups is 1. The molecule has 0 aromatic heterocycles. The van der Waals surface area contributed by atoms with E-state index in [2.05, 4.69) is 9.47 Å². The van der Waals surface area contributed by atoms with Crippen LogP contribution >= 0.6 is 11.8 Å². The quantitative estimate of drug-likeness (QED) is 0.436. The highest BCUT2D eigenvalue weighted by atomic mass is 32.2. The third-order valence-electron chi connectivity index (χ3n) is 2.76. The van der Waals surface area contributed by atoms with Gasteiger partial charge in [-0.3, -0.25) is 0 Å². The summed E-state index contributed by atoms with van der Waals surface area (Å²) in [4.78, 5) is 24.4. The van der Waals surface area contributed by atoms with E-state index in [-0.39, 0.29) is 11.9 Å². The van der Waals surface area contributed by atoms with Gasteiger partial charge in [-0.2, -0.15) is 0 Å². The van der Waals surface area contributed by atoms with E-state index in [1.54, 1.807) is 6.08 Å². The molecule has 0 aliphatic heterocycles. The summed E-state index contributed by atoms with van der Waals surface area (Å²) in [7, 11) is 2.69. The van der Waals surface area contributed by atoms with Gasteiger partial charge in [0.1, 0.15) is 0 Å². The molecule has 0 amide bonds. The molecule has 0 fully saturated rings. The Balaban J connectivity index is 2.70. The average Bonchev–Trinajstić information content (AvgIpc) is 2.53. The Morgan fingerprint density at radius 2 is 1.73 bits per heavy atom. The summed E-state index contributed by atoms with van der Waals surface area (Å²) in [5, 5.41) is 0. The molecule has 0 unspecified atom stereocenters. The lowest BCUT2D eigenvalue weighted by molar-refractivity contribution is -0.135. The van der Waals surface area contributed by atoms with Crippen molar-refractivity contribution >= 4 is 23.7 Å². The van der Waals surface area contributed by atoms with E-state index in [0.29, 0.717) is 12.8 Å². The predicted molar refractivity (Wildman–Crippen MR) is 87.5 cm³/mol. The molecule has 5 heteroatoms. The van der Waals surface area contributed by atoms with Gasteiger partial charge in [-0.05, 0) is 36.8 Å². The number of ether oxygens (including phenoxy) is 2. The second kappa shape index (κ2) is 9.84. The second-order valence-corrected chi connectivity index (χ2v) is 5.71. The first-order valence-corrected chi connectivity index (χ1v) is 7.64. The number of benzene rings is 1. The first-order valence-electron chi connectivity index (χ1n) is 6.82. The Labute approximate surface area is 135 Å². The number of rotatable bonds is 7. The van der Waals surface area contributed by atoms with Crippen LogP contribution in [0.15, 0.2) is 52.3 Å². The average molecular weight is 320 g/mol. The number of esters is 2. The smallest absolute Gasteiger partial charge is 0.331 e. The van der Waals surface area contributed by atoms with Crippen molar-refractivity contribution in [1.82, 2.24) is 0 Å². The first-order chi connectivity index (χ1) is 10.5. The van der Waals surface area contributed by atoms with Crippen LogP contribution in [-0.4, -0.2) is 26.2 Å². The molecule has 1 rings (SSSR count). The van der Waals surface area contributed by atoms with Gasteiger partial charge < -0.3 is 9.47 Å². The lowest BCUT2D eigenvalue weighted by atomic mass is 10.2. The number of methoxy groups -OCH3 is 2. The zero-order valence-corrected chi connectivity index (χ0v) is 13.8. The molecular weight excluding hydrogens is 300 g/mol. The van der Waals surface area contributed by atoms with Crippen LogP contribution in [0, 0.1) is 6.92 Å². The van der Waals surface area contributed by atoms with E-state index in [4.69, 9.17) is 0 Å². The Morgan fingerprint density at radius 3 is 2.32 bits per heavy atom. The van der Waals surface area contributed by atoms with E-state index in [9.17, 15) is 9.59 Å². The van der Waals surface area contributed by atoms with Crippen LogP contribution in [0.25, 0.3) is 0 Å². The van der Waals surface area contributed by atoms with Gasteiger partial charge in [0.15, 0.2) is 0 Å². The van der Waals surface area contributed by atoms with Gasteiger partial charge in [-0.25, -0.2) is 9.59 Å². The summed E-state index contributed by atoms with van der Waals surface area (Å²) in [5.41, 5.74) is 1.18. The molecule has 0 atom stereocenters. The SMILES string of the molecule is COC(=O)/C=C/CC/C(=C\C(=O)OC)Sc1ccc(C)cc1. The van der Waals surface area contributed by atoms with Gasteiger partial charge in [-0.1, -0.05) is 35.5 Å². The lowest BCUT2D eigenvalue weighted by Gasteiger charge is -2.06. The van der Waals surface area contributed by atoms with Crippen LogP contribution in [-0.2, 0) is 19.1 Å². The second-order valence-electron chi connectivity index (χ2n) is 4.51. The highest BCUT2D eigenvalue weighted by Crippen LogP contribution is 2.30. The van der Waals surface area contributed by atoms with Crippen LogP contribution in [0.5, 0.6) is 0 Å². The van der Waals surface area contributed by atoms with E-state index in [1.165, 1.54) is 43.7 Å². The summed E-state index contributed by atoms with van der Waals surface area (Å²) >= 11 is 1.52. The molecule has 0 heterocycles. The first kappa shape index (κ1) is 18.0. The number of carbonyl (C=O) groups is 2. The topological polar surface area (TPSA) is 52.6 Å². The fourth-order valence-corrected chi connectivity index (χ4v) is 2.52. The van der Waals surface area contributed by atoms with Crippen molar-refractivity contribution < 1.29 is 19.1 Å². The molecule has 0 aliphatic rings. The van der Waals surface area contributed by atoms with Gasteiger partial charge in [0, 0.05) is 17.0 Å². The lowest BCUT2D eigenvalue weighted by Crippen LogP contribution is -1.96. The van der Waals surface area contributed by atoms with Gasteiger partial charge in [-0.15, -0.1) is 0 Å². The standard InChI is InChI=1S/C17H20O4S/c1-13-8-10-14(11-9-13)22-15(12-17(19)21-3)6-4-5-7-16(18)20-2/h5,7-12H,4,6H2,1-3H3/b7-5+,15-12+. The number of carbonyl (C=O) groups excluding carboxylic acids is 2. The Bertz CT molecular complexity index is 559. The van der Waals surface area contributed by atoms with Crippen molar-refractivity contribution in [3.05, 3.63) is 53.0 Å².